The van der Waals surface area contributed by atoms with Gasteiger partial charge in [-0.1, -0.05) is 11.6 Å². The Morgan fingerprint density at radius 3 is 3.00 bits per heavy atom. The number of hydrogen-bond donors (Lipinski definition) is 2. The predicted octanol–water partition coefficient (Wildman–Crippen LogP) is 4.03. The molecule has 5 rings (SSSR count). The SMILES string of the molecule is C[C@H](O)Cn1cc(C(=O)[C@@H]2COc3ccc(Cl)cc3C2)c2cnc(-c3cn[nH]c3F)cc21. The molecule has 0 saturated carbocycles. The molecule has 1 aromatic carbocycles. The van der Waals surface area contributed by atoms with Crippen molar-refractivity contribution in [3.8, 4) is 17.0 Å². The van der Waals surface area contributed by atoms with Crippen LogP contribution in [0.15, 0.2) is 42.9 Å². The molecule has 0 radical (unpaired) electrons. The molecule has 1 aliphatic rings. The first-order valence-electron chi connectivity index (χ1n) is 10.2. The number of carbonyl (C=O) groups excluding carboxylic acids is 1. The molecule has 2 atom stereocenters. The van der Waals surface area contributed by atoms with Crippen molar-refractivity contribution in [2.45, 2.75) is 26.0 Å². The van der Waals surface area contributed by atoms with E-state index in [-0.39, 0.29) is 30.4 Å². The summed E-state index contributed by atoms with van der Waals surface area (Å²) in [7, 11) is 0. The second kappa shape index (κ2) is 8.03. The van der Waals surface area contributed by atoms with Crippen LogP contribution in [-0.2, 0) is 13.0 Å². The van der Waals surface area contributed by atoms with Crippen molar-refractivity contribution in [3.05, 3.63) is 65.0 Å². The third kappa shape index (κ3) is 3.65. The number of fused-ring (bicyclic) bond motifs is 2. The van der Waals surface area contributed by atoms with Crippen molar-refractivity contribution in [2.24, 2.45) is 5.92 Å². The van der Waals surface area contributed by atoms with Crippen molar-refractivity contribution < 1.29 is 19.0 Å². The van der Waals surface area contributed by atoms with Crippen LogP contribution in [0.5, 0.6) is 5.75 Å². The number of H-pyrrole nitrogens is 1. The van der Waals surface area contributed by atoms with Gasteiger partial charge in [-0.25, -0.2) is 0 Å². The summed E-state index contributed by atoms with van der Waals surface area (Å²) in [5.41, 5.74) is 2.69. The lowest BCUT2D eigenvalue weighted by Crippen LogP contribution is -2.28. The van der Waals surface area contributed by atoms with Gasteiger partial charge < -0.3 is 14.4 Å². The van der Waals surface area contributed by atoms with Gasteiger partial charge >= 0.3 is 0 Å². The van der Waals surface area contributed by atoms with Crippen molar-refractivity contribution in [1.29, 1.82) is 0 Å². The van der Waals surface area contributed by atoms with Gasteiger partial charge in [-0.15, -0.1) is 0 Å². The molecule has 1 aliphatic heterocycles. The second-order valence-corrected chi connectivity index (χ2v) is 8.49. The number of halogens is 2. The minimum Gasteiger partial charge on any atom is -0.493 e. The molecule has 0 aliphatic carbocycles. The number of aromatic nitrogens is 4. The van der Waals surface area contributed by atoms with Crippen LogP contribution in [0, 0.1) is 11.9 Å². The Labute approximate surface area is 187 Å². The summed E-state index contributed by atoms with van der Waals surface area (Å²) in [6, 6.07) is 7.10. The molecule has 2 N–H and O–H groups in total. The largest absolute Gasteiger partial charge is 0.493 e. The Kier molecular flexibility index (Phi) is 5.19. The number of benzene rings is 1. The monoisotopic (exact) mass is 454 g/mol. The van der Waals surface area contributed by atoms with Gasteiger partial charge in [-0.2, -0.15) is 9.49 Å². The molecular formula is C23H20ClFN4O3. The van der Waals surface area contributed by atoms with E-state index in [0.717, 1.165) is 11.3 Å². The highest BCUT2D eigenvalue weighted by Crippen LogP contribution is 2.33. The van der Waals surface area contributed by atoms with Gasteiger partial charge in [0.2, 0.25) is 5.95 Å². The molecule has 7 nitrogen and oxygen atoms in total. The fourth-order valence-electron chi connectivity index (χ4n) is 4.16. The number of aromatic amines is 1. The maximum atomic E-state index is 14.0. The van der Waals surface area contributed by atoms with Crippen LogP contribution in [0.1, 0.15) is 22.8 Å². The maximum absolute atomic E-state index is 14.0. The third-order valence-electron chi connectivity index (χ3n) is 5.66. The van der Waals surface area contributed by atoms with E-state index in [1.54, 1.807) is 36.0 Å². The van der Waals surface area contributed by atoms with Gasteiger partial charge in [0.25, 0.3) is 0 Å². The Morgan fingerprint density at radius 1 is 1.41 bits per heavy atom. The van der Waals surface area contributed by atoms with E-state index in [2.05, 4.69) is 15.2 Å². The summed E-state index contributed by atoms with van der Waals surface area (Å²) >= 11 is 6.11. The normalized spacial score (nSPS) is 16.6. The van der Waals surface area contributed by atoms with Crippen LogP contribution in [0.4, 0.5) is 4.39 Å². The Hall–Kier alpha value is -3.23. The number of pyridine rings is 1. The number of ether oxygens (including phenoxy) is 1. The van der Waals surface area contributed by atoms with E-state index in [4.69, 9.17) is 16.3 Å². The van der Waals surface area contributed by atoms with Gasteiger partial charge in [0.05, 0.1) is 41.6 Å². The number of hydrogen-bond acceptors (Lipinski definition) is 5. The van der Waals surface area contributed by atoms with Gasteiger partial charge in [-0.05, 0) is 43.2 Å². The van der Waals surface area contributed by atoms with Crippen molar-refractivity contribution >= 4 is 28.3 Å². The first-order valence-corrected chi connectivity index (χ1v) is 10.6. The zero-order valence-corrected chi connectivity index (χ0v) is 17.9. The van der Waals surface area contributed by atoms with E-state index >= 15 is 0 Å². The smallest absolute Gasteiger partial charge is 0.218 e. The number of ketones is 1. The molecule has 0 spiro atoms. The quantitative estimate of drug-likeness (QED) is 0.444. The number of rotatable bonds is 5. The van der Waals surface area contributed by atoms with Crippen LogP contribution >= 0.6 is 11.6 Å². The Morgan fingerprint density at radius 2 is 2.25 bits per heavy atom. The lowest BCUT2D eigenvalue weighted by Gasteiger charge is -2.24. The van der Waals surface area contributed by atoms with Crippen LogP contribution in [0.2, 0.25) is 5.02 Å². The lowest BCUT2D eigenvalue weighted by molar-refractivity contribution is 0.0856. The lowest BCUT2D eigenvalue weighted by atomic mass is 9.90. The third-order valence-corrected chi connectivity index (χ3v) is 5.90. The topological polar surface area (TPSA) is 93.0 Å². The molecule has 9 heteroatoms. The molecule has 0 unspecified atom stereocenters. The van der Waals surface area contributed by atoms with Crippen LogP contribution in [-0.4, -0.2) is 43.3 Å². The summed E-state index contributed by atoms with van der Waals surface area (Å²) in [4.78, 5) is 17.8. The standard InChI is InChI=1S/C23H20ClFN4O3/c1-12(30)9-29-10-18(16-7-26-19(6-20(16)29)17-8-27-28-23(17)25)22(31)14-4-13-5-15(24)2-3-21(13)32-11-14/h2-3,5-8,10,12,14,30H,4,9,11H2,1H3,(H,27,28)/t12-,14-/m0/s1. The summed E-state index contributed by atoms with van der Waals surface area (Å²) in [6.07, 6.45) is 4.54. The fraction of sp³-hybridized carbons (Fsp3) is 0.261. The number of nitrogens with zero attached hydrogens (tertiary/aromatic N) is 3. The molecule has 4 aromatic rings. The molecule has 0 fully saturated rings. The highest BCUT2D eigenvalue weighted by molar-refractivity contribution is 6.30. The number of aliphatic hydroxyl groups excluding tert-OH is 1. The number of aliphatic hydroxyl groups is 1. The van der Waals surface area contributed by atoms with Crippen LogP contribution in [0.25, 0.3) is 22.2 Å². The first-order chi connectivity index (χ1) is 15.4. The molecule has 164 valence electrons. The van der Waals surface area contributed by atoms with Crippen LogP contribution in [0.3, 0.4) is 0 Å². The van der Waals surface area contributed by atoms with Gasteiger partial charge in [0.15, 0.2) is 5.78 Å². The molecular weight excluding hydrogens is 435 g/mol. The highest BCUT2D eigenvalue weighted by Gasteiger charge is 2.29. The second-order valence-electron chi connectivity index (χ2n) is 8.06. The van der Waals surface area contributed by atoms with Gasteiger partial charge in [0.1, 0.15) is 5.75 Å². The van der Waals surface area contributed by atoms with E-state index < -0.39 is 12.1 Å². The van der Waals surface area contributed by atoms with Crippen molar-refractivity contribution in [1.82, 2.24) is 19.7 Å². The molecule has 0 bridgehead atoms. The summed E-state index contributed by atoms with van der Waals surface area (Å²) in [6.45, 7) is 2.21. The highest BCUT2D eigenvalue weighted by atomic mass is 35.5. The summed E-state index contributed by atoms with van der Waals surface area (Å²) in [5, 5.41) is 17.2. The summed E-state index contributed by atoms with van der Waals surface area (Å²) in [5.74, 6) is -0.298. The fourth-order valence-corrected chi connectivity index (χ4v) is 4.36. The molecule has 4 heterocycles. The first kappa shape index (κ1) is 20.7. The van der Waals surface area contributed by atoms with E-state index in [0.29, 0.717) is 33.6 Å². The maximum Gasteiger partial charge on any atom is 0.218 e. The number of carbonyl (C=O) groups is 1. The zero-order chi connectivity index (χ0) is 22.4. The Balaban J connectivity index is 1.55. The minimum atomic E-state index is -0.636. The Bertz CT molecular complexity index is 1330. The molecule has 3 aromatic heterocycles. The molecule has 0 saturated heterocycles. The van der Waals surface area contributed by atoms with Crippen molar-refractivity contribution in [2.75, 3.05) is 6.61 Å². The van der Waals surface area contributed by atoms with Gasteiger partial charge in [0, 0.05) is 34.9 Å². The minimum absolute atomic E-state index is 0.0750. The number of nitrogens with one attached hydrogen (secondary N) is 1. The molecule has 32 heavy (non-hydrogen) atoms. The molecule has 0 amide bonds. The van der Waals surface area contributed by atoms with Gasteiger partial charge in [-0.3, -0.25) is 14.9 Å². The van der Waals surface area contributed by atoms with E-state index in [1.807, 2.05) is 12.1 Å². The van der Waals surface area contributed by atoms with Crippen LogP contribution < -0.4 is 4.74 Å². The van der Waals surface area contributed by atoms with E-state index in [1.165, 1.54) is 6.20 Å². The number of Topliss-reactive ketones (excluding diaryl/α,β-unsaturated/α-hetero) is 1. The average Bonchev–Trinajstić information content (AvgIpc) is 3.35. The zero-order valence-electron chi connectivity index (χ0n) is 17.2. The van der Waals surface area contributed by atoms with Crippen molar-refractivity contribution in [3.63, 3.8) is 0 Å². The van der Waals surface area contributed by atoms with E-state index in [9.17, 15) is 14.3 Å². The predicted molar refractivity (Wildman–Crippen MR) is 117 cm³/mol. The average molecular weight is 455 g/mol. The summed E-state index contributed by atoms with van der Waals surface area (Å²) < 4.78 is 21.6.